The fourth-order valence-corrected chi connectivity index (χ4v) is 4.81. The number of carbonyl (C=O) groups is 1. The van der Waals surface area contributed by atoms with Crippen LogP contribution in [0.1, 0.15) is 34.8 Å². The van der Waals surface area contributed by atoms with Crippen molar-refractivity contribution in [1.29, 1.82) is 0 Å². The van der Waals surface area contributed by atoms with E-state index in [1.165, 1.54) is 18.3 Å². The lowest BCUT2D eigenvalue weighted by Gasteiger charge is -2.32. The van der Waals surface area contributed by atoms with E-state index in [0.29, 0.717) is 42.1 Å². The van der Waals surface area contributed by atoms with Gasteiger partial charge in [-0.15, -0.1) is 0 Å². The van der Waals surface area contributed by atoms with Crippen molar-refractivity contribution in [3.05, 3.63) is 59.4 Å². The van der Waals surface area contributed by atoms with Crippen LogP contribution in [-0.4, -0.2) is 83.2 Å². The van der Waals surface area contributed by atoms with E-state index in [4.69, 9.17) is 4.98 Å². The molecule has 1 atom stereocenters. The van der Waals surface area contributed by atoms with E-state index in [9.17, 15) is 13.6 Å². The number of hydrogen-bond donors (Lipinski definition) is 1. The molecule has 4 heterocycles. The van der Waals surface area contributed by atoms with Gasteiger partial charge in [0.1, 0.15) is 23.0 Å². The quantitative estimate of drug-likeness (QED) is 0.598. The summed E-state index contributed by atoms with van der Waals surface area (Å²) in [4.78, 5) is 24.2. The van der Waals surface area contributed by atoms with Crippen molar-refractivity contribution in [2.45, 2.75) is 18.9 Å². The number of aromatic nitrogens is 3. The van der Waals surface area contributed by atoms with Crippen molar-refractivity contribution in [3.8, 4) is 0 Å². The SMILES string of the molecule is CN1CCN(CCNC(=O)c2cnn3ccc(N4CCC[C@@H]4c4cc(F)ccc4F)nc23)CC1. The van der Waals surface area contributed by atoms with Crippen LogP contribution in [-0.2, 0) is 0 Å². The molecule has 2 aliphatic rings. The summed E-state index contributed by atoms with van der Waals surface area (Å²) in [5.41, 5.74) is 1.17. The average Bonchev–Trinajstić information content (AvgIpc) is 3.49. The maximum Gasteiger partial charge on any atom is 0.256 e. The number of anilines is 1. The molecule has 8 nitrogen and oxygen atoms in total. The summed E-state index contributed by atoms with van der Waals surface area (Å²) in [5, 5.41) is 7.25. The Kier molecular flexibility index (Phi) is 6.42. The zero-order valence-electron chi connectivity index (χ0n) is 19.3. The molecule has 180 valence electrons. The van der Waals surface area contributed by atoms with E-state index >= 15 is 0 Å². The van der Waals surface area contributed by atoms with Crippen LogP contribution in [0.4, 0.5) is 14.6 Å². The fraction of sp³-hybridized carbons (Fsp3) is 0.458. The number of rotatable bonds is 6. The molecule has 0 unspecified atom stereocenters. The van der Waals surface area contributed by atoms with E-state index in [-0.39, 0.29) is 11.9 Å². The third kappa shape index (κ3) is 4.60. The van der Waals surface area contributed by atoms with Gasteiger partial charge >= 0.3 is 0 Å². The lowest BCUT2D eigenvalue weighted by atomic mass is 10.0. The predicted molar refractivity (Wildman–Crippen MR) is 125 cm³/mol. The highest BCUT2D eigenvalue weighted by atomic mass is 19.1. The second kappa shape index (κ2) is 9.63. The van der Waals surface area contributed by atoms with E-state index in [2.05, 4.69) is 27.3 Å². The third-order valence-electron chi connectivity index (χ3n) is 6.77. The molecule has 3 aromatic rings. The number of likely N-dealkylation sites (N-methyl/N-ethyl adjacent to an activating group) is 1. The number of nitrogens with one attached hydrogen (secondary N) is 1. The van der Waals surface area contributed by atoms with Gasteiger partial charge in [-0.05, 0) is 44.2 Å². The molecular weight excluding hydrogens is 440 g/mol. The highest BCUT2D eigenvalue weighted by Crippen LogP contribution is 2.36. The number of benzene rings is 1. The molecule has 0 saturated carbocycles. The first kappa shape index (κ1) is 22.7. The normalized spacial score (nSPS) is 19.7. The van der Waals surface area contributed by atoms with E-state index in [1.54, 1.807) is 16.8 Å². The van der Waals surface area contributed by atoms with Crippen LogP contribution in [0.25, 0.3) is 5.65 Å². The molecule has 0 aliphatic carbocycles. The summed E-state index contributed by atoms with van der Waals surface area (Å²) >= 11 is 0. The van der Waals surface area contributed by atoms with Crippen LogP contribution < -0.4 is 10.2 Å². The van der Waals surface area contributed by atoms with Gasteiger partial charge in [-0.3, -0.25) is 9.69 Å². The minimum atomic E-state index is -0.460. The van der Waals surface area contributed by atoms with E-state index in [1.807, 2.05) is 4.90 Å². The monoisotopic (exact) mass is 469 g/mol. The first-order chi connectivity index (χ1) is 16.5. The van der Waals surface area contributed by atoms with Crippen LogP contribution in [0.15, 0.2) is 36.7 Å². The Balaban J connectivity index is 1.31. The molecule has 1 aromatic carbocycles. The van der Waals surface area contributed by atoms with Gasteiger partial charge in [0.2, 0.25) is 0 Å². The van der Waals surface area contributed by atoms with Gasteiger partial charge in [-0.25, -0.2) is 18.3 Å². The van der Waals surface area contributed by atoms with Gasteiger partial charge < -0.3 is 15.1 Å². The standard InChI is InChI=1S/C24H29F2N7O/c1-30-11-13-31(14-12-30)10-7-27-24(34)19-16-28-33-9-6-22(29-23(19)33)32-8-2-3-21(32)18-15-17(25)4-5-20(18)26/h4-6,9,15-16,21H,2-3,7-8,10-14H2,1H3,(H,27,34)/t21-/m1/s1. The van der Waals surface area contributed by atoms with Gasteiger partial charge in [-0.1, -0.05) is 0 Å². The lowest BCUT2D eigenvalue weighted by Crippen LogP contribution is -2.46. The summed E-state index contributed by atoms with van der Waals surface area (Å²) in [6.45, 7) is 6.08. The van der Waals surface area contributed by atoms with Gasteiger partial charge in [0.05, 0.1) is 12.2 Å². The smallest absolute Gasteiger partial charge is 0.256 e. The zero-order chi connectivity index (χ0) is 23.7. The maximum atomic E-state index is 14.5. The van der Waals surface area contributed by atoms with Crippen LogP contribution in [0.2, 0.25) is 0 Å². The van der Waals surface area contributed by atoms with Crippen molar-refractivity contribution in [3.63, 3.8) is 0 Å². The highest BCUT2D eigenvalue weighted by Gasteiger charge is 2.30. The van der Waals surface area contributed by atoms with Crippen LogP contribution >= 0.6 is 0 Å². The Labute approximate surface area is 197 Å². The number of piperazine rings is 1. The summed E-state index contributed by atoms with van der Waals surface area (Å²) in [5.74, 6) is -0.490. The summed E-state index contributed by atoms with van der Waals surface area (Å²) in [6, 6.07) is 5.04. The first-order valence-electron chi connectivity index (χ1n) is 11.7. The molecule has 2 aliphatic heterocycles. The molecule has 1 amide bonds. The molecule has 2 fully saturated rings. The van der Waals surface area contributed by atoms with Crippen LogP contribution in [0.5, 0.6) is 0 Å². The minimum Gasteiger partial charge on any atom is -0.351 e. The Morgan fingerprint density at radius 2 is 1.97 bits per heavy atom. The highest BCUT2D eigenvalue weighted by molar-refractivity contribution is 5.99. The van der Waals surface area contributed by atoms with Gasteiger partial charge in [0.25, 0.3) is 5.91 Å². The molecular formula is C24H29F2N7O. The fourth-order valence-electron chi connectivity index (χ4n) is 4.81. The molecule has 0 radical (unpaired) electrons. The number of fused-ring (bicyclic) bond motifs is 1. The third-order valence-corrected chi connectivity index (χ3v) is 6.77. The Morgan fingerprint density at radius 3 is 2.79 bits per heavy atom. The molecule has 0 spiro atoms. The second-order valence-corrected chi connectivity index (χ2v) is 9.03. The van der Waals surface area contributed by atoms with Gasteiger partial charge in [-0.2, -0.15) is 5.10 Å². The lowest BCUT2D eigenvalue weighted by molar-refractivity contribution is 0.0942. The summed E-state index contributed by atoms with van der Waals surface area (Å²) in [6.07, 6.45) is 4.81. The van der Waals surface area contributed by atoms with E-state index in [0.717, 1.165) is 45.2 Å². The number of hydrogen-bond acceptors (Lipinski definition) is 6. The van der Waals surface area contributed by atoms with Crippen molar-refractivity contribution in [1.82, 2.24) is 29.7 Å². The average molecular weight is 470 g/mol. The topological polar surface area (TPSA) is 69.0 Å². The predicted octanol–water partition coefficient (Wildman–Crippen LogP) is 2.33. The Bertz CT molecular complexity index is 1180. The molecule has 34 heavy (non-hydrogen) atoms. The molecule has 10 heteroatoms. The van der Waals surface area contributed by atoms with Crippen molar-refractivity contribution >= 4 is 17.4 Å². The van der Waals surface area contributed by atoms with E-state index < -0.39 is 11.6 Å². The summed E-state index contributed by atoms with van der Waals surface area (Å²) < 4.78 is 29.8. The molecule has 0 bridgehead atoms. The number of amides is 1. The summed E-state index contributed by atoms with van der Waals surface area (Å²) in [7, 11) is 2.12. The molecule has 2 aromatic heterocycles. The number of carbonyl (C=O) groups excluding carboxylic acids is 1. The second-order valence-electron chi connectivity index (χ2n) is 9.03. The molecule has 2 saturated heterocycles. The van der Waals surface area contributed by atoms with Crippen molar-refractivity contribution in [2.75, 3.05) is 57.8 Å². The number of halogens is 2. The minimum absolute atomic E-state index is 0.220. The van der Waals surface area contributed by atoms with Crippen LogP contribution in [0.3, 0.4) is 0 Å². The van der Waals surface area contributed by atoms with Crippen LogP contribution in [0, 0.1) is 11.6 Å². The molecule has 5 rings (SSSR count). The zero-order valence-corrected chi connectivity index (χ0v) is 19.3. The Morgan fingerprint density at radius 1 is 1.15 bits per heavy atom. The van der Waals surface area contributed by atoms with Crippen molar-refractivity contribution in [2.24, 2.45) is 0 Å². The number of nitrogens with zero attached hydrogens (tertiary/aromatic N) is 6. The van der Waals surface area contributed by atoms with Gasteiger partial charge in [0.15, 0.2) is 5.65 Å². The van der Waals surface area contributed by atoms with Gasteiger partial charge in [0, 0.05) is 57.6 Å². The first-order valence-corrected chi connectivity index (χ1v) is 11.7. The maximum absolute atomic E-state index is 14.5. The van der Waals surface area contributed by atoms with Crippen molar-refractivity contribution < 1.29 is 13.6 Å². The largest absolute Gasteiger partial charge is 0.351 e. The molecule has 1 N–H and O–H groups in total. The Hall–Kier alpha value is -3.11.